The first-order valence-corrected chi connectivity index (χ1v) is 8.77. The molecule has 4 N–H and O–H groups in total. The summed E-state index contributed by atoms with van der Waals surface area (Å²) in [5.74, 6) is -0.740. The van der Waals surface area contributed by atoms with Crippen LogP contribution in [0.15, 0.2) is 42.5 Å². The number of aliphatic hydroxyl groups excluding tert-OH is 3. The number of carbonyl (C=O) groups excluding carboxylic acids is 1. The van der Waals surface area contributed by atoms with Crippen LogP contribution in [0.1, 0.15) is 26.3 Å². The fourth-order valence-electron chi connectivity index (χ4n) is 2.86. The van der Waals surface area contributed by atoms with Crippen molar-refractivity contribution in [3.63, 3.8) is 0 Å². The molecule has 0 radical (unpaired) electrons. The summed E-state index contributed by atoms with van der Waals surface area (Å²) in [6, 6.07) is 10.7. The largest absolute Gasteiger partial charge is 0.488 e. The van der Waals surface area contributed by atoms with Crippen molar-refractivity contribution >= 4 is 12.3 Å². The number of carboxylic acids is 1. The molecular weight excluding hydrogens is 384 g/mol. The van der Waals surface area contributed by atoms with Gasteiger partial charge < -0.3 is 34.6 Å². The maximum atomic E-state index is 11.6. The lowest BCUT2D eigenvalue weighted by Gasteiger charge is -2.19. The molecule has 1 fully saturated rings. The lowest BCUT2D eigenvalue weighted by atomic mass is 10.1. The Morgan fingerprint density at radius 3 is 2.34 bits per heavy atom. The van der Waals surface area contributed by atoms with Gasteiger partial charge in [-0.3, -0.25) is 4.79 Å². The maximum Gasteiger partial charge on any atom is 0.335 e. The first kappa shape index (κ1) is 20.7. The van der Waals surface area contributed by atoms with Gasteiger partial charge in [0.05, 0.1) is 17.7 Å². The molecule has 1 heterocycles. The number of hydrogen-bond donors (Lipinski definition) is 4. The first-order valence-electron chi connectivity index (χ1n) is 8.77. The Balaban J connectivity index is 1.72. The molecular formula is C20H20O9. The van der Waals surface area contributed by atoms with Crippen molar-refractivity contribution in [3.05, 3.63) is 59.2 Å². The Bertz CT molecular complexity index is 865. The number of aldehydes is 1. The van der Waals surface area contributed by atoms with E-state index in [1.807, 2.05) is 0 Å². The summed E-state index contributed by atoms with van der Waals surface area (Å²) >= 11 is 0. The van der Waals surface area contributed by atoms with E-state index in [2.05, 4.69) is 0 Å². The number of aliphatic hydroxyl groups is 3. The third-order valence-corrected chi connectivity index (χ3v) is 4.48. The summed E-state index contributed by atoms with van der Waals surface area (Å²) in [5.41, 5.74) is 0.922. The quantitative estimate of drug-likeness (QED) is 0.465. The second-order valence-corrected chi connectivity index (χ2v) is 6.40. The van der Waals surface area contributed by atoms with Crippen LogP contribution >= 0.6 is 0 Å². The Morgan fingerprint density at radius 2 is 1.76 bits per heavy atom. The van der Waals surface area contributed by atoms with E-state index in [0.717, 1.165) is 0 Å². The third-order valence-electron chi connectivity index (χ3n) is 4.48. The zero-order chi connectivity index (χ0) is 21.0. The summed E-state index contributed by atoms with van der Waals surface area (Å²) in [5, 5.41) is 37.9. The summed E-state index contributed by atoms with van der Waals surface area (Å²) in [4.78, 5) is 22.5. The van der Waals surface area contributed by atoms with Crippen LogP contribution in [-0.4, -0.2) is 63.9 Å². The van der Waals surface area contributed by atoms with Crippen LogP contribution in [0.3, 0.4) is 0 Å². The van der Waals surface area contributed by atoms with Crippen molar-refractivity contribution in [2.45, 2.75) is 31.2 Å². The highest BCUT2D eigenvalue weighted by Crippen LogP contribution is 2.31. The molecule has 0 bridgehead atoms. The van der Waals surface area contributed by atoms with Crippen LogP contribution in [-0.2, 0) is 11.3 Å². The standard InChI is InChI=1S/C20H20O9/c21-8-13-14(27-10-11-4-6-12(7-5-11)19(25)26)2-1-3-15(13)28-20-18(24)17(23)16(9-22)29-20/h1-8,16-18,20,22-24H,9-10H2,(H,25,26)/t16-,17?,18?,20-/m1/s1. The van der Waals surface area contributed by atoms with E-state index in [0.29, 0.717) is 11.8 Å². The van der Waals surface area contributed by atoms with Gasteiger partial charge in [-0.2, -0.15) is 0 Å². The molecule has 29 heavy (non-hydrogen) atoms. The molecule has 0 amide bonds. The van der Waals surface area contributed by atoms with Gasteiger partial charge in [-0.25, -0.2) is 4.79 Å². The van der Waals surface area contributed by atoms with Crippen molar-refractivity contribution in [1.29, 1.82) is 0 Å². The van der Waals surface area contributed by atoms with Crippen molar-refractivity contribution in [2.75, 3.05) is 6.61 Å². The van der Waals surface area contributed by atoms with Gasteiger partial charge in [0.2, 0.25) is 6.29 Å². The van der Waals surface area contributed by atoms with Gasteiger partial charge in [0.1, 0.15) is 36.4 Å². The van der Waals surface area contributed by atoms with Crippen LogP contribution in [0.4, 0.5) is 0 Å². The van der Waals surface area contributed by atoms with Gasteiger partial charge in [0.15, 0.2) is 6.29 Å². The summed E-state index contributed by atoms with van der Waals surface area (Å²) in [6.45, 7) is -0.416. The number of rotatable bonds is 8. The molecule has 2 aromatic carbocycles. The smallest absolute Gasteiger partial charge is 0.335 e. The van der Waals surface area contributed by atoms with Gasteiger partial charge in [0, 0.05) is 0 Å². The summed E-state index contributed by atoms with van der Waals surface area (Å²) in [6.07, 6.45) is -4.45. The van der Waals surface area contributed by atoms with E-state index in [-0.39, 0.29) is 29.2 Å². The molecule has 0 aliphatic carbocycles. The van der Waals surface area contributed by atoms with E-state index in [4.69, 9.17) is 24.4 Å². The molecule has 2 unspecified atom stereocenters. The minimum Gasteiger partial charge on any atom is -0.488 e. The van der Waals surface area contributed by atoms with Gasteiger partial charge in [0.25, 0.3) is 0 Å². The van der Waals surface area contributed by atoms with Crippen molar-refractivity contribution in [3.8, 4) is 11.5 Å². The average Bonchev–Trinajstić information content (AvgIpc) is 3.00. The number of ether oxygens (including phenoxy) is 3. The highest BCUT2D eigenvalue weighted by molar-refractivity contribution is 5.87. The lowest BCUT2D eigenvalue weighted by Crippen LogP contribution is -2.35. The average molecular weight is 404 g/mol. The van der Waals surface area contributed by atoms with Crippen LogP contribution in [0.25, 0.3) is 0 Å². The second-order valence-electron chi connectivity index (χ2n) is 6.40. The maximum absolute atomic E-state index is 11.6. The van der Waals surface area contributed by atoms with E-state index in [9.17, 15) is 19.8 Å². The molecule has 4 atom stereocenters. The van der Waals surface area contributed by atoms with E-state index in [1.165, 1.54) is 18.2 Å². The van der Waals surface area contributed by atoms with E-state index < -0.39 is 37.2 Å². The first-order chi connectivity index (χ1) is 13.9. The van der Waals surface area contributed by atoms with Crippen molar-refractivity contribution in [2.24, 2.45) is 0 Å². The second kappa shape index (κ2) is 9.01. The van der Waals surface area contributed by atoms with Gasteiger partial charge in [-0.15, -0.1) is 0 Å². The van der Waals surface area contributed by atoms with Gasteiger partial charge in [-0.05, 0) is 29.8 Å². The SMILES string of the molecule is O=Cc1c(OCc2ccc(C(=O)O)cc2)cccc1O[C@@H]1O[C@H](CO)C(O)C1O. The van der Waals surface area contributed by atoms with Gasteiger partial charge in [-0.1, -0.05) is 18.2 Å². The monoisotopic (exact) mass is 404 g/mol. The number of carbonyl (C=O) groups is 2. The van der Waals surface area contributed by atoms with Crippen molar-refractivity contribution in [1.82, 2.24) is 0 Å². The summed E-state index contributed by atoms with van der Waals surface area (Å²) in [7, 11) is 0. The van der Waals surface area contributed by atoms with Crippen LogP contribution < -0.4 is 9.47 Å². The normalized spacial score (nSPS) is 23.6. The predicted molar refractivity (Wildman–Crippen MR) is 98.0 cm³/mol. The fourth-order valence-corrected chi connectivity index (χ4v) is 2.86. The fraction of sp³-hybridized carbons (Fsp3) is 0.300. The Kier molecular flexibility index (Phi) is 6.45. The van der Waals surface area contributed by atoms with Crippen LogP contribution in [0.5, 0.6) is 11.5 Å². The number of hydrogen-bond acceptors (Lipinski definition) is 8. The molecule has 9 heteroatoms. The zero-order valence-corrected chi connectivity index (χ0v) is 15.2. The zero-order valence-electron chi connectivity index (χ0n) is 15.2. The van der Waals surface area contributed by atoms with E-state index in [1.54, 1.807) is 24.3 Å². The van der Waals surface area contributed by atoms with E-state index >= 15 is 0 Å². The minimum absolute atomic E-state index is 0.0763. The molecule has 9 nitrogen and oxygen atoms in total. The van der Waals surface area contributed by atoms with Crippen molar-refractivity contribution < 1.29 is 44.2 Å². The number of benzene rings is 2. The molecule has 154 valence electrons. The van der Waals surface area contributed by atoms with Crippen LogP contribution in [0, 0.1) is 0 Å². The lowest BCUT2D eigenvalue weighted by molar-refractivity contribution is -0.116. The molecule has 0 saturated carbocycles. The molecule has 2 aromatic rings. The minimum atomic E-state index is -1.40. The third kappa shape index (κ3) is 4.54. The van der Waals surface area contributed by atoms with Gasteiger partial charge >= 0.3 is 5.97 Å². The molecule has 0 aromatic heterocycles. The number of carboxylic acid groups (broad SMARTS) is 1. The predicted octanol–water partition coefficient (Wildman–Crippen LogP) is 0.594. The Hall–Kier alpha value is -2.98. The highest BCUT2D eigenvalue weighted by atomic mass is 16.7. The molecule has 1 aliphatic rings. The molecule has 1 saturated heterocycles. The Morgan fingerprint density at radius 1 is 1.07 bits per heavy atom. The molecule has 1 aliphatic heterocycles. The topological polar surface area (TPSA) is 143 Å². The molecule has 3 rings (SSSR count). The Labute approximate surface area is 165 Å². The number of aromatic carboxylic acids is 1. The van der Waals surface area contributed by atoms with Crippen LogP contribution in [0.2, 0.25) is 0 Å². The highest BCUT2D eigenvalue weighted by Gasteiger charge is 2.44. The summed E-state index contributed by atoms with van der Waals surface area (Å²) < 4.78 is 16.4. The molecule has 0 spiro atoms.